The number of benzene rings is 1. The van der Waals surface area contributed by atoms with Crippen molar-refractivity contribution in [3.05, 3.63) is 35.2 Å². The molecule has 0 nitrogen and oxygen atoms in total. The summed E-state index contributed by atoms with van der Waals surface area (Å²) in [5.74, 6) is 0.825. The van der Waals surface area contributed by atoms with Gasteiger partial charge in [0, 0.05) is 10.5 Å². The monoisotopic (exact) mass is 180 g/mol. The van der Waals surface area contributed by atoms with Crippen molar-refractivity contribution in [2.45, 2.75) is 5.75 Å². The molecule has 0 aliphatic heterocycles. The summed E-state index contributed by atoms with van der Waals surface area (Å²) in [6.07, 6.45) is 0. The zero-order chi connectivity index (χ0) is 7.68. The zero-order valence-electron chi connectivity index (χ0n) is 5.95. The molecule has 0 radical (unpaired) electrons. The summed E-state index contributed by atoms with van der Waals surface area (Å²) in [7, 11) is 0. The average Bonchev–Trinajstić information content (AvgIpc) is 2.50. The molecule has 1 aromatic carbocycles. The van der Waals surface area contributed by atoms with E-state index < -0.39 is 0 Å². The SMILES string of the molecule is SCc1ccc2sccc2c1. The number of rotatable bonds is 1. The third kappa shape index (κ3) is 1.28. The van der Waals surface area contributed by atoms with Crippen LogP contribution in [-0.2, 0) is 5.75 Å². The van der Waals surface area contributed by atoms with Crippen LogP contribution in [0, 0.1) is 0 Å². The van der Waals surface area contributed by atoms with E-state index in [1.54, 1.807) is 11.3 Å². The van der Waals surface area contributed by atoms with Gasteiger partial charge in [-0.25, -0.2) is 0 Å². The molecule has 11 heavy (non-hydrogen) atoms. The van der Waals surface area contributed by atoms with E-state index in [9.17, 15) is 0 Å². The summed E-state index contributed by atoms with van der Waals surface area (Å²) >= 11 is 6.00. The van der Waals surface area contributed by atoms with E-state index in [2.05, 4.69) is 42.3 Å². The lowest BCUT2D eigenvalue weighted by molar-refractivity contribution is 1.46. The van der Waals surface area contributed by atoms with Crippen molar-refractivity contribution < 1.29 is 0 Å². The van der Waals surface area contributed by atoms with Crippen LogP contribution < -0.4 is 0 Å². The Balaban J connectivity index is 2.67. The lowest BCUT2D eigenvalue weighted by atomic mass is 10.2. The molecule has 0 saturated heterocycles. The first-order valence-corrected chi connectivity index (χ1v) is 4.98. The first-order chi connectivity index (χ1) is 5.40. The fraction of sp³-hybridized carbons (Fsp3) is 0.111. The van der Waals surface area contributed by atoms with Crippen LogP contribution in [0.2, 0.25) is 0 Å². The summed E-state index contributed by atoms with van der Waals surface area (Å²) in [4.78, 5) is 0. The minimum Gasteiger partial charge on any atom is -0.175 e. The maximum Gasteiger partial charge on any atom is 0.0342 e. The fourth-order valence-corrected chi connectivity index (χ4v) is 2.08. The Morgan fingerprint density at radius 1 is 1.27 bits per heavy atom. The van der Waals surface area contributed by atoms with E-state index in [1.165, 1.54) is 15.6 Å². The van der Waals surface area contributed by atoms with Crippen LogP contribution in [0.15, 0.2) is 29.6 Å². The van der Waals surface area contributed by atoms with Crippen molar-refractivity contribution in [2.75, 3.05) is 0 Å². The predicted octanol–water partition coefficient (Wildman–Crippen LogP) is 3.33. The highest BCUT2D eigenvalue weighted by atomic mass is 32.1. The molecular formula is C9H8S2. The number of hydrogen-bond acceptors (Lipinski definition) is 2. The molecule has 0 amide bonds. The van der Waals surface area contributed by atoms with Gasteiger partial charge in [0.1, 0.15) is 0 Å². The normalized spacial score (nSPS) is 10.6. The summed E-state index contributed by atoms with van der Waals surface area (Å²) < 4.78 is 1.36. The van der Waals surface area contributed by atoms with Crippen LogP contribution in [0.25, 0.3) is 10.1 Å². The zero-order valence-corrected chi connectivity index (χ0v) is 7.66. The quantitative estimate of drug-likeness (QED) is 0.639. The molecular weight excluding hydrogens is 172 g/mol. The lowest BCUT2D eigenvalue weighted by Crippen LogP contribution is -1.73. The highest BCUT2D eigenvalue weighted by molar-refractivity contribution is 7.79. The van der Waals surface area contributed by atoms with Gasteiger partial charge < -0.3 is 0 Å². The first-order valence-electron chi connectivity index (χ1n) is 3.47. The number of hydrogen-bond donors (Lipinski definition) is 1. The Morgan fingerprint density at radius 3 is 3.00 bits per heavy atom. The van der Waals surface area contributed by atoms with Crippen LogP contribution in [0.3, 0.4) is 0 Å². The number of fused-ring (bicyclic) bond motifs is 1. The Labute approximate surface area is 75.3 Å². The second-order valence-electron chi connectivity index (χ2n) is 2.45. The summed E-state index contributed by atoms with van der Waals surface area (Å²) in [5, 5.41) is 3.45. The Morgan fingerprint density at radius 2 is 2.18 bits per heavy atom. The van der Waals surface area contributed by atoms with Gasteiger partial charge in [0.15, 0.2) is 0 Å². The molecule has 2 heteroatoms. The highest BCUT2D eigenvalue weighted by Gasteiger charge is 1.94. The Bertz CT molecular complexity index is 362. The lowest BCUT2D eigenvalue weighted by Gasteiger charge is -1.94. The second kappa shape index (κ2) is 2.88. The fourth-order valence-electron chi connectivity index (χ4n) is 1.11. The minimum atomic E-state index is 0.825. The molecule has 0 bridgehead atoms. The smallest absolute Gasteiger partial charge is 0.0342 e. The summed E-state index contributed by atoms with van der Waals surface area (Å²) in [6.45, 7) is 0. The Hall–Kier alpha value is -0.470. The molecule has 0 aliphatic rings. The van der Waals surface area contributed by atoms with Crippen molar-refractivity contribution in [1.29, 1.82) is 0 Å². The van der Waals surface area contributed by atoms with E-state index in [0.717, 1.165) is 5.75 Å². The van der Waals surface area contributed by atoms with Crippen LogP contribution >= 0.6 is 24.0 Å². The molecule has 1 heterocycles. The molecule has 0 fully saturated rings. The average molecular weight is 180 g/mol. The molecule has 1 aromatic heterocycles. The van der Waals surface area contributed by atoms with Gasteiger partial charge in [0.2, 0.25) is 0 Å². The van der Waals surface area contributed by atoms with Crippen molar-refractivity contribution in [2.24, 2.45) is 0 Å². The molecule has 0 atom stereocenters. The second-order valence-corrected chi connectivity index (χ2v) is 3.71. The van der Waals surface area contributed by atoms with Gasteiger partial charge in [-0.3, -0.25) is 0 Å². The van der Waals surface area contributed by atoms with E-state index in [1.807, 2.05) is 0 Å². The third-order valence-electron chi connectivity index (χ3n) is 1.70. The largest absolute Gasteiger partial charge is 0.175 e. The van der Waals surface area contributed by atoms with Crippen molar-refractivity contribution in [1.82, 2.24) is 0 Å². The van der Waals surface area contributed by atoms with E-state index >= 15 is 0 Å². The third-order valence-corrected chi connectivity index (χ3v) is 2.96. The van der Waals surface area contributed by atoms with Gasteiger partial charge >= 0.3 is 0 Å². The topological polar surface area (TPSA) is 0 Å². The molecule has 2 rings (SSSR count). The minimum absolute atomic E-state index is 0.825. The summed E-state index contributed by atoms with van der Waals surface area (Å²) in [5.41, 5.74) is 1.29. The number of thiophene rings is 1. The first kappa shape index (κ1) is 7.19. The molecule has 56 valence electrons. The van der Waals surface area contributed by atoms with E-state index in [0.29, 0.717) is 0 Å². The van der Waals surface area contributed by atoms with Crippen LogP contribution in [0.1, 0.15) is 5.56 Å². The molecule has 0 aliphatic carbocycles. The molecule has 0 saturated carbocycles. The maximum absolute atomic E-state index is 4.22. The van der Waals surface area contributed by atoms with Gasteiger partial charge in [-0.2, -0.15) is 12.6 Å². The van der Waals surface area contributed by atoms with Crippen LogP contribution in [0.5, 0.6) is 0 Å². The van der Waals surface area contributed by atoms with Gasteiger partial charge in [-0.1, -0.05) is 6.07 Å². The van der Waals surface area contributed by atoms with E-state index in [-0.39, 0.29) is 0 Å². The van der Waals surface area contributed by atoms with Crippen molar-refractivity contribution in [3.63, 3.8) is 0 Å². The predicted molar refractivity (Wildman–Crippen MR) is 54.5 cm³/mol. The number of thiol groups is 1. The van der Waals surface area contributed by atoms with Crippen molar-refractivity contribution >= 4 is 34.1 Å². The van der Waals surface area contributed by atoms with Crippen LogP contribution in [-0.4, -0.2) is 0 Å². The molecule has 0 unspecified atom stereocenters. The summed E-state index contributed by atoms with van der Waals surface area (Å²) in [6, 6.07) is 8.63. The van der Waals surface area contributed by atoms with Crippen molar-refractivity contribution in [3.8, 4) is 0 Å². The standard InChI is InChI=1S/C9H8S2/c10-6-7-1-2-9-8(5-7)3-4-11-9/h1-5,10H,6H2. The molecule has 0 spiro atoms. The van der Waals surface area contributed by atoms with Crippen LogP contribution in [0.4, 0.5) is 0 Å². The molecule has 2 aromatic rings. The van der Waals surface area contributed by atoms with E-state index in [4.69, 9.17) is 0 Å². The Kier molecular flexibility index (Phi) is 1.88. The highest BCUT2D eigenvalue weighted by Crippen LogP contribution is 2.22. The maximum atomic E-state index is 4.22. The van der Waals surface area contributed by atoms with Gasteiger partial charge in [0.05, 0.1) is 0 Å². The van der Waals surface area contributed by atoms with Gasteiger partial charge in [-0.05, 0) is 34.5 Å². The van der Waals surface area contributed by atoms with Gasteiger partial charge in [0.25, 0.3) is 0 Å². The molecule has 0 N–H and O–H groups in total. The van der Waals surface area contributed by atoms with Gasteiger partial charge in [-0.15, -0.1) is 11.3 Å².